The van der Waals surface area contributed by atoms with Gasteiger partial charge >= 0.3 is 16.4 Å². The molecule has 1 fully saturated rings. The molecule has 0 bridgehead atoms. The van der Waals surface area contributed by atoms with E-state index in [1.54, 1.807) is 32.9 Å². The first kappa shape index (κ1) is 17.8. The molecule has 25 heavy (non-hydrogen) atoms. The van der Waals surface area contributed by atoms with Crippen molar-refractivity contribution < 1.29 is 31.6 Å². The Bertz CT molecular complexity index is 769. The quantitative estimate of drug-likeness (QED) is 0.784. The third-order valence-electron chi connectivity index (χ3n) is 3.63. The van der Waals surface area contributed by atoms with E-state index in [-0.39, 0.29) is 13.0 Å². The van der Waals surface area contributed by atoms with Crippen molar-refractivity contribution in [1.29, 1.82) is 0 Å². The largest absolute Gasteiger partial charge is 0.486 e. The summed E-state index contributed by atoms with van der Waals surface area (Å²) in [7, 11) is -4.14. The van der Waals surface area contributed by atoms with Gasteiger partial charge in [0.25, 0.3) is 0 Å². The van der Waals surface area contributed by atoms with Crippen LogP contribution in [0.25, 0.3) is 0 Å². The van der Waals surface area contributed by atoms with Crippen LogP contribution in [0.2, 0.25) is 0 Å². The van der Waals surface area contributed by atoms with E-state index in [0.717, 1.165) is 5.56 Å². The van der Waals surface area contributed by atoms with E-state index in [1.807, 2.05) is 6.07 Å². The van der Waals surface area contributed by atoms with E-state index in [0.29, 0.717) is 29.0 Å². The van der Waals surface area contributed by atoms with E-state index >= 15 is 0 Å². The van der Waals surface area contributed by atoms with Crippen LogP contribution in [0.15, 0.2) is 18.2 Å². The highest BCUT2D eigenvalue weighted by atomic mass is 32.2. The summed E-state index contributed by atoms with van der Waals surface area (Å²) >= 11 is 0. The lowest BCUT2D eigenvalue weighted by Gasteiger charge is -2.26. The number of hydrogen-bond donors (Lipinski definition) is 0. The van der Waals surface area contributed by atoms with Gasteiger partial charge in [-0.25, -0.2) is 4.79 Å². The minimum Gasteiger partial charge on any atom is -0.486 e. The highest BCUT2D eigenvalue weighted by Gasteiger charge is 2.44. The normalized spacial score (nSPS) is 21.9. The molecule has 8 nitrogen and oxygen atoms in total. The van der Waals surface area contributed by atoms with E-state index < -0.39 is 28.0 Å². The summed E-state index contributed by atoms with van der Waals surface area (Å²) in [6, 6.07) is 4.69. The molecule has 0 spiro atoms. The van der Waals surface area contributed by atoms with Crippen LogP contribution >= 0.6 is 0 Å². The number of hydrogen-bond acceptors (Lipinski definition) is 7. The average molecular weight is 371 g/mol. The van der Waals surface area contributed by atoms with Crippen LogP contribution in [0.3, 0.4) is 0 Å². The van der Waals surface area contributed by atoms with Crippen molar-refractivity contribution in [1.82, 2.24) is 4.31 Å². The second-order valence-electron chi connectivity index (χ2n) is 6.85. The third-order valence-corrected chi connectivity index (χ3v) is 5.00. The predicted molar refractivity (Wildman–Crippen MR) is 87.9 cm³/mol. The molecule has 1 aromatic carbocycles. The molecule has 9 heteroatoms. The molecule has 3 rings (SSSR count). The third kappa shape index (κ3) is 3.98. The number of rotatable bonds is 2. The van der Waals surface area contributed by atoms with Crippen LogP contribution in [0.5, 0.6) is 11.5 Å². The Hall–Kier alpha value is -2.00. The minimum atomic E-state index is -4.14. The van der Waals surface area contributed by atoms with Crippen molar-refractivity contribution in [3.63, 3.8) is 0 Å². The molecule has 1 aromatic rings. The fourth-order valence-electron chi connectivity index (χ4n) is 2.65. The molecule has 2 heterocycles. The molecule has 0 N–H and O–H groups in total. The molecule has 0 aliphatic carbocycles. The number of ether oxygens (including phenoxy) is 3. The molecule has 1 amide bonds. The summed E-state index contributed by atoms with van der Waals surface area (Å²) in [5, 5.41) is 0. The maximum atomic E-state index is 12.3. The molecule has 0 saturated carbocycles. The smallest absolute Gasteiger partial charge is 0.426 e. The van der Waals surface area contributed by atoms with Crippen molar-refractivity contribution in [2.45, 2.75) is 38.8 Å². The maximum Gasteiger partial charge on any atom is 0.426 e. The summed E-state index contributed by atoms with van der Waals surface area (Å²) in [5.41, 5.74) is 0.0000166. The number of amides is 1. The Morgan fingerprint density at radius 1 is 1.24 bits per heavy atom. The molecule has 2 aliphatic heterocycles. The number of carbonyl (C=O) groups excluding carboxylic acids is 1. The Balaban J connectivity index is 1.80. The van der Waals surface area contributed by atoms with Crippen molar-refractivity contribution >= 4 is 16.4 Å². The zero-order valence-electron chi connectivity index (χ0n) is 14.4. The van der Waals surface area contributed by atoms with Crippen LogP contribution < -0.4 is 9.47 Å². The Morgan fingerprint density at radius 2 is 1.92 bits per heavy atom. The number of fused-ring (bicyclic) bond motifs is 1. The van der Waals surface area contributed by atoms with E-state index in [2.05, 4.69) is 0 Å². The SMILES string of the molecule is CC(C)(C)OC(=O)N1C(Cc2ccc3c(c2)OCCO3)COS1(=O)=O. The van der Waals surface area contributed by atoms with Gasteiger partial charge in [-0.3, -0.25) is 4.18 Å². The lowest BCUT2D eigenvalue weighted by Crippen LogP contribution is -2.43. The van der Waals surface area contributed by atoms with Gasteiger partial charge in [0.2, 0.25) is 0 Å². The summed E-state index contributed by atoms with van der Waals surface area (Å²) in [4.78, 5) is 12.3. The molecule has 1 unspecified atom stereocenters. The molecule has 0 radical (unpaired) electrons. The molecule has 2 aliphatic rings. The van der Waals surface area contributed by atoms with Crippen LogP contribution in [0.4, 0.5) is 4.79 Å². The molecular formula is C16H21NO7S. The summed E-state index contributed by atoms with van der Waals surface area (Å²) in [5.74, 6) is 1.25. The van der Waals surface area contributed by atoms with Gasteiger partial charge in [-0.05, 0) is 44.9 Å². The van der Waals surface area contributed by atoms with Gasteiger partial charge in [-0.1, -0.05) is 6.07 Å². The first-order valence-electron chi connectivity index (χ1n) is 7.96. The summed E-state index contributed by atoms with van der Waals surface area (Å²) < 4.78 is 45.9. The van der Waals surface area contributed by atoms with Gasteiger partial charge in [-0.2, -0.15) is 12.7 Å². The van der Waals surface area contributed by atoms with Crippen molar-refractivity contribution in [3.05, 3.63) is 23.8 Å². The van der Waals surface area contributed by atoms with Crippen LogP contribution in [-0.2, 0) is 25.6 Å². The molecule has 0 aromatic heterocycles. The Labute approximate surface area is 146 Å². The van der Waals surface area contributed by atoms with Gasteiger partial charge in [0.15, 0.2) is 11.5 Å². The molecule has 1 atom stereocenters. The maximum absolute atomic E-state index is 12.3. The van der Waals surface area contributed by atoms with Gasteiger partial charge in [0.1, 0.15) is 18.8 Å². The second kappa shape index (κ2) is 6.38. The Morgan fingerprint density at radius 3 is 2.60 bits per heavy atom. The summed E-state index contributed by atoms with van der Waals surface area (Å²) in [6.45, 7) is 5.85. The number of nitrogens with zero attached hydrogens (tertiary/aromatic N) is 1. The second-order valence-corrected chi connectivity index (χ2v) is 8.34. The standard InChI is InChI=1S/C16H21NO7S/c1-16(2,3)24-15(18)17-12(10-23-25(17,19)20)8-11-4-5-13-14(9-11)22-7-6-21-13/h4-5,9,12H,6-8,10H2,1-3H3. The number of benzene rings is 1. The zero-order valence-corrected chi connectivity index (χ0v) is 15.2. The van der Waals surface area contributed by atoms with E-state index in [9.17, 15) is 13.2 Å². The van der Waals surface area contributed by atoms with Crippen molar-refractivity contribution in [2.24, 2.45) is 0 Å². The first-order chi connectivity index (χ1) is 11.7. The fourth-order valence-corrected chi connectivity index (χ4v) is 3.81. The lowest BCUT2D eigenvalue weighted by atomic mass is 10.1. The topological polar surface area (TPSA) is 91.4 Å². The highest BCUT2D eigenvalue weighted by Crippen LogP contribution is 2.32. The molecule has 138 valence electrons. The van der Waals surface area contributed by atoms with Gasteiger partial charge in [-0.15, -0.1) is 0 Å². The Kier molecular flexibility index (Phi) is 4.54. The summed E-state index contributed by atoms with van der Waals surface area (Å²) in [6.07, 6.45) is -0.651. The lowest BCUT2D eigenvalue weighted by molar-refractivity contribution is 0.0357. The van der Waals surface area contributed by atoms with E-state index in [1.165, 1.54) is 0 Å². The van der Waals surface area contributed by atoms with Crippen molar-refractivity contribution in [2.75, 3.05) is 19.8 Å². The first-order valence-corrected chi connectivity index (χ1v) is 9.32. The van der Waals surface area contributed by atoms with Gasteiger partial charge in [0.05, 0.1) is 12.6 Å². The molecule has 1 saturated heterocycles. The predicted octanol–water partition coefficient (Wildman–Crippen LogP) is 1.88. The number of carbonyl (C=O) groups is 1. The van der Waals surface area contributed by atoms with Gasteiger partial charge < -0.3 is 14.2 Å². The van der Waals surface area contributed by atoms with Crippen LogP contribution in [-0.4, -0.2) is 50.3 Å². The monoisotopic (exact) mass is 371 g/mol. The van der Waals surface area contributed by atoms with Crippen LogP contribution in [0.1, 0.15) is 26.3 Å². The van der Waals surface area contributed by atoms with Crippen LogP contribution in [0, 0.1) is 0 Å². The minimum absolute atomic E-state index is 0.115. The van der Waals surface area contributed by atoms with Gasteiger partial charge in [0, 0.05) is 0 Å². The fraction of sp³-hybridized carbons (Fsp3) is 0.562. The molecular weight excluding hydrogens is 350 g/mol. The van der Waals surface area contributed by atoms with E-state index in [4.69, 9.17) is 18.4 Å². The highest BCUT2D eigenvalue weighted by molar-refractivity contribution is 7.85. The zero-order chi connectivity index (χ0) is 18.2. The average Bonchev–Trinajstić information content (AvgIpc) is 2.80. The van der Waals surface area contributed by atoms with Crippen molar-refractivity contribution in [3.8, 4) is 11.5 Å².